The van der Waals surface area contributed by atoms with Gasteiger partial charge in [0, 0.05) is 23.2 Å². The maximum atomic E-state index is 13.0. The molecule has 0 aliphatic heterocycles. The molecule has 1 aromatic rings. The summed E-state index contributed by atoms with van der Waals surface area (Å²) >= 11 is 0. The Morgan fingerprint density at radius 3 is 2.71 bits per heavy atom. The first-order valence-corrected chi connectivity index (χ1v) is 5.50. The monoisotopic (exact) mass is 238 g/mol. The molecule has 0 saturated heterocycles. The molecule has 0 unspecified atom stereocenters. The van der Waals surface area contributed by atoms with Gasteiger partial charge in [-0.2, -0.15) is 0 Å². The fourth-order valence-electron chi connectivity index (χ4n) is 1.68. The minimum atomic E-state index is -0.529. The molecule has 5 heteroatoms. The molecule has 1 aliphatic carbocycles. The van der Waals surface area contributed by atoms with Crippen molar-refractivity contribution >= 4 is 11.6 Å². The lowest BCUT2D eigenvalue weighted by atomic mass is 10.1. The van der Waals surface area contributed by atoms with Crippen LogP contribution in [-0.4, -0.2) is 24.2 Å². The van der Waals surface area contributed by atoms with Gasteiger partial charge in [0.05, 0.1) is 6.61 Å². The molecule has 1 aromatic carbocycles. The molecule has 0 spiro atoms. The highest BCUT2D eigenvalue weighted by atomic mass is 19.1. The van der Waals surface area contributed by atoms with Gasteiger partial charge in [-0.1, -0.05) is 0 Å². The molecular weight excluding hydrogens is 223 g/mol. The molecule has 92 valence electrons. The number of carbonyl (C=O) groups excluding carboxylic acids is 1. The number of benzene rings is 1. The third-order valence-corrected chi connectivity index (χ3v) is 3.10. The van der Waals surface area contributed by atoms with Gasteiger partial charge < -0.3 is 16.2 Å². The summed E-state index contributed by atoms with van der Waals surface area (Å²) in [5.74, 6) is -0.894. The van der Waals surface area contributed by atoms with Crippen LogP contribution in [0.2, 0.25) is 0 Å². The van der Waals surface area contributed by atoms with E-state index < -0.39 is 5.82 Å². The Morgan fingerprint density at radius 1 is 1.47 bits per heavy atom. The molecule has 0 bridgehead atoms. The van der Waals surface area contributed by atoms with Gasteiger partial charge in [0.25, 0.3) is 5.91 Å². The van der Waals surface area contributed by atoms with E-state index in [9.17, 15) is 9.18 Å². The van der Waals surface area contributed by atoms with E-state index in [1.807, 2.05) is 0 Å². The molecule has 0 radical (unpaired) electrons. The molecule has 0 heterocycles. The fraction of sp³-hybridized carbons (Fsp3) is 0.417. The normalized spacial score (nSPS) is 16.6. The van der Waals surface area contributed by atoms with E-state index in [4.69, 9.17) is 10.8 Å². The highest BCUT2D eigenvalue weighted by Crippen LogP contribution is 2.44. The predicted octanol–water partition coefficient (Wildman–Crippen LogP) is 0.910. The van der Waals surface area contributed by atoms with E-state index >= 15 is 0 Å². The van der Waals surface area contributed by atoms with Crippen LogP contribution in [-0.2, 0) is 0 Å². The molecule has 17 heavy (non-hydrogen) atoms. The van der Waals surface area contributed by atoms with Crippen LogP contribution in [0.15, 0.2) is 18.2 Å². The zero-order chi connectivity index (χ0) is 12.5. The Kier molecular flexibility index (Phi) is 3.02. The number of nitrogens with two attached hydrogens (primary N) is 1. The number of nitrogens with one attached hydrogen (secondary N) is 1. The molecule has 1 saturated carbocycles. The molecule has 1 amide bonds. The van der Waals surface area contributed by atoms with Gasteiger partial charge in [-0.15, -0.1) is 0 Å². The maximum Gasteiger partial charge on any atom is 0.251 e. The number of aliphatic hydroxyl groups excluding tert-OH is 1. The number of carbonyl (C=O) groups is 1. The molecule has 0 atom stereocenters. The Hall–Kier alpha value is -1.62. The quantitative estimate of drug-likeness (QED) is 0.682. The number of hydrogen-bond acceptors (Lipinski definition) is 3. The van der Waals surface area contributed by atoms with Crippen molar-refractivity contribution in [1.82, 2.24) is 5.32 Å². The van der Waals surface area contributed by atoms with Gasteiger partial charge in [0.15, 0.2) is 0 Å². The number of hydrogen-bond donors (Lipinski definition) is 3. The summed E-state index contributed by atoms with van der Waals surface area (Å²) in [6.07, 6.45) is 1.82. The summed E-state index contributed by atoms with van der Waals surface area (Å²) in [7, 11) is 0. The van der Waals surface area contributed by atoms with E-state index in [0.717, 1.165) is 25.0 Å². The highest BCUT2D eigenvalue weighted by molar-refractivity contribution is 5.95. The van der Waals surface area contributed by atoms with Crippen LogP contribution in [0.4, 0.5) is 10.1 Å². The minimum Gasteiger partial charge on any atom is -0.399 e. The summed E-state index contributed by atoms with van der Waals surface area (Å²) in [5, 5.41) is 11.8. The van der Waals surface area contributed by atoms with Crippen LogP contribution >= 0.6 is 0 Å². The summed E-state index contributed by atoms with van der Waals surface area (Å²) in [5.41, 5.74) is 5.73. The standard InChI is InChI=1S/C12H15FN2O2/c13-9-3-8(4-10(14)5-9)11(17)15-6-12(7-16)1-2-12/h3-5,16H,1-2,6-7,14H2,(H,15,17). The van der Waals surface area contributed by atoms with Crippen LogP contribution in [0, 0.1) is 11.2 Å². The Labute approximate surface area is 98.6 Å². The molecule has 1 fully saturated rings. The van der Waals surface area contributed by atoms with Gasteiger partial charge in [0.1, 0.15) is 5.82 Å². The topological polar surface area (TPSA) is 75.4 Å². The second kappa shape index (κ2) is 4.33. The Balaban J connectivity index is 1.99. The zero-order valence-electron chi connectivity index (χ0n) is 9.37. The number of anilines is 1. The molecule has 2 rings (SSSR count). The first kappa shape index (κ1) is 11.9. The van der Waals surface area contributed by atoms with Crippen LogP contribution in [0.25, 0.3) is 0 Å². The summed E-state index contributed by atoms with van der Waals surface area (Å²) in [4.78, 5) is 11.7. The van der Waals surface area contributed by atoms with Crippen LogP contribution in [0.1, 0.15) is 23.2 Å². The molecule has 4 nitrogen and oxygen atoms in total. The largest absolute Gasteiger partial charge is 0.399 e. The van der Waals surface area contributed by atoms with Gasteiger partial charge >= 0.3 is 0 Å². The van der Waals surface area contributed by atoms with E-state index in [1.165, 1.54) is 6.07 Å². The van der Waals surface area contributed by atoms with E-state index in [-0.39, 0.29) is 29.2 Å². The van der Waals surface area contributed by atoms with Gasteiger partial charge in [-0.3, -0.25) is 4.79 Å². The lowest BCUT2D eigenvalue weighted by Crippen LogP contribution is -2.31. The van der Waals surface area contributed by atoms with Crippen LogP contribution in [0.3, 0.4) is 0 Å². The van der Waals surface area contributed by atoms with E-state index in [0.29, 0.717) is 6.54 Å². The smallest absolute Gasteiger partial charge is 0.251 e. The SMILES string of the molecule is Nc1cc(F)cc(C(=O)NCC2(CO)CC2)c1. The lowest BCUT2D eigenvalue weighted by molar-refractivity contribution is 0.0935. The number of aliphatic hydroxyl groups is 1. The second-order valence-electron chi connectivity index (χ2n) is 4.61. The van der Waals surface area contributed by atoms with Crippen molar-refractivity contribution in [2.45, 2.75) is 12.8 Å². The van der Waals surface area contributed by atoms with Crippen molar-refractivity contribution in [3.63, 3.8) is 0 Å². The summed E-state index contributed by atoms with van der Waals surface area (Å²) < 4.78 is 13.0. The van der Waals surface area contributed by atoms with Crippen molar-refractivity contribution in [3.8, 4) is 0 Å². The molecular formula is C12H15FN2O2. The average molecular weight is 238 g/mol. The predicted molar refractivity (Wildman–Crippen MR) is 61.9 cm³/mol. The fourth-order valence-corrected chi connectivity index (χ4v) is 1.68. The number of halogens is 1. The lowest BCUT2D eigenvalue weighted by Gasteiger charge is -2.12. The van der Waals surface area contributed by atoms with Gasteiger partial charge in [-0.05, 0) is 31.0 Å². The van der Waals surface area contributed by atoms with Crippen molar-refractivity contribution < 1.29 is 14.3 Å². The van der Waals surface area contributed by atoms with Gasteiger partial charge in [0.2, 0.25) is 0 Å². The highest BCUT2D eigenvalue weighted by Gasteiger charge is 2.42. The Bertz CT molecular complexity index is 424. The number of nitrogen functional groups attached to an aromatic ring is 1. The third-order valence-electron chi connectivity index (χ3n) is 3.10. The second-order valence-corrected chi connectivity index (χ2v) is 4.61. The minimum absolute atomic E-state index is 0.0680. The van der Waals surface area contributed by atoms with Crippen LogP contribution < -0.4 is 11.1 Å². The zero-order valence-corrected chi connectivity index (χ0v) is 9.37. The third kappa shape index (κ3) is 2.74. The van der Waals surface area contributed by atoms with Crippen molar-refractivity contribution in [3.05, 3.63) is 29.6 Å². The summed E-state index contributed by atoms with van der Waals surface area (Å²) in [6.45, 7) is 0.483. The van der Waals surface area contributed by atoms with Crippen LogP contribution in [0.5, 0.6) is 0 Å². The van der Waals surface area contributed by atoms with E-state index in [1.54, 1.807) is 0 Å². The summed E-state index contributed by atoms with van der Waals surface area (Å²) in [6, 6.07) is 3.73. The number of amides is 1. The first-order valence-electron chi connectivity index (χ1n) is 5.50. The number of rotatable bonds is 4. The van der Waals surface area contributed by atoms with Crippen molar-refractivity contribution in [2.75, 3.05) is 18.9 Å². The van der Waals surface area contributed by atoms with Gasteiger partial charge in [-0.25, -0.2) is 4.39 Å². The maximum absolute atomic E-state index is 13.0. The van der Waals surface area contributed by atoms with Crippen molar-refractivity contribution in [1.29, 1.82) is 0 Å². The molecule has 1 aliphatic rings. The average Bonchev–Trinajstić information content (AvgIpc) is 3.05. The molecule has 0 aromatic heterocycles. The molecule has 4 N–H and O–H groups in total. The van der Waals surface area contributed by atoms with E-state index in [2.05, 4.69) is 5.32 Å². The Morgan fingerprint density at radius 2 is 2.18 bits per heavy atom. The first-order chi connectivity index (χ1) is 8.04. The van der Waals surface area contributed by atoms with Crippen molar-refractivity contribution in [2.24, 2.45) is 5.41 Å².